The second-order valence-electron chi connectivity index (χ2n) is 3.49. The van der Waals surface area contributed by atoms with Gasteiger partial charge >= 0.3 is 17.6 Å². The van der Waals surface area contributed by atoms with Crippen molar-refractivity contribution >= 4 is 18.0 Å². The van der Waals surface area contributed by atoms with Crippen LogP contribution < -0.4 is 11.2 Å². The number of carboxylic acid groups (broad SMARTS) is 2. The summed E-state index contributed by atoms with van der Waals surface area (Å²) >= 11 is 0. The highest BCUT2D eigenvalue weighted by Gasteiger charge is 2.19. The first-order chi connectivity index (χ1) is 8.79. The molecule has 1 aromatic rings. The molecule has 9 nitrogen and oxygen atoms in total. The molecule has 0 aliphatic rings. The highest BCUT2D eigenvalue weighted by molar-refractivity contribution is 5.68. The van der Waals surface area contributed by atoms with E-state index < -0.39 is 47.7 Å². The Hall–Kier alpha value is -2.84. The first-order valence-corrected chi connectivity index (χ1v) is 4.92. The van der Waals surface area contributed by atoms with Crippen molar-refractivity contribution in [2.75, 3.05) is 0 Å². The molecule has 0 radical (unpaired) electrons. The summed E-state index contributed by atoms with van der Waals surface area (Å²) in [6, 6.07) is 0. The standard InChI is InChI=1S/C10H10N2O7/c1-2-5-8(17)11(3-6(13)14)10(19)12(9(5)18)4-7(15)16/h2,17H,1,3-4H2,(H,13,14)(H,15,16). The molecule has 0 atom stereocenters. The number of nitrogens with zero attached hydrogens (tertiary/aromatic N) is 2. The summed E-state index contributed by atoms with van der Waals surface area (Å²) in [6.45, 7) is 1.38. The highest BCUT2D eigenvalue weighted by atomic mass is 16.4. The molecule has 0 saturated heterocycles. The average Bonchev–Trinajstić information content (AvgIpc) is 2.30. The zero-order chi connectivity index (χ0) is 14.7. The van der Waals surface area contributed by atoms with Crippen molar-refractivity contribution in [1.29, 1.82) is 0 Å². The van der Waals surface area contributed by atoms with Crippen LogP contribution in [0.5, 0.6) is 5.88 Å². The van der Waals surface area contributed by atoms with Gasteiger partial charge in [-0.1, -0.05) is 12.7 Å². The summed E-state index contributed by atoms with van der Waals surface area (Å²) in [4.78, 5) is 44.6. The Bertz CT molecular complexity index is 668. The smallest absolute Gasteiger partial charge is 0.334 e. The number of aromatic hydroxyl groups is 1. The predicted molar refractivity (Wildman–Crippen MR) is 62.0 cm³/mol. The molecule has 0 spiro atoms. The minimum atomic E-state index is -1.46. The Labute approximate surface area is 105 Å². The van der Waals surface area contributed by atoms with Crippen LogP contribution in [0.1, 0.15) is 5.56 Å². The number of hydrogen-bond donors (Lipinski definition) is 3. The van der Waals surface area contributed by atoms with Crippen molar-refractivity contribution in [2.45, 2.75) is 13.1 Å². The third-order valence-electron chi connectivity index (χ3n) is 2.22. The first kappa shape index (κ1) is 14.2. The van der Waals surface area contributed by atoms with E-state index in [9.17, 15) is 24.3 Å². The Morgan fingerprint density at radius 3 is 2.00 bits per heavy atom. The normalized spacial score (nSPS) is 10.1. The fourth-order valence-electron chi connectivity index (χ4n) is 1.44. The molecule has 102 valence electrons. The van der Waals surface area contributed by atoms with Gasteiger partial charge in [-0.05, 0) is 0 Å². The molecule has 0 fully saturated rings. The van der Waals surface area contributed by atoms with E-state index in [2.05, 4.69) is 6.58 Å². The number of carboxylic acids is 2. The molecule has 0 unspecified atom stereocenters. The maximum Gasteiger partial charge on any atom is 0.334 e. The summed E-state index contributed by atoms with van der Waals surface area (Å²) < 4.78 is 0.686. The van der Waals surface area contributed by atoms with Crippen LogP contribution in [0, 0.1) is 0 Å². The maximum absolute atomic E-state index is 11.8. The van der Waals surface area contributed by atoms with Crippen LogP contribution in [0.4, 0.5) is 0 Å². The molecule has 19 heavy (non-hydrogen) atoms. The molecule has 0 aromatic carbocycles. The number of rotatable bonds is 5. The zero-order valence-corrected chi connectivity index (χ0v) is 9.57. The Kier molecular flexibility index (Phi) is 3.90. The third-order valence-corrected chi connectivity index (χ3v) is 2.22. The minimum Gasteiger partial charge on any atom is -0.494 e. The van der Waals surface area contributed by atoms with Crippen molar-refractivity contribution < 1.29 is 24.9 Å². The van der Waals surface area contributed by atoms with E-state index >= 15 is 0 Å². The molecule has 0 aliphatic heterocycles. The number of aromatic nitrogens is 2. The molecule has 1 aromatic heterocycles. The van der Waals surface area contributed by atoms with Gasteiger partial charge in [-0.15, -0.1) is 0 Å². The summed E-state index contributed by atoms with van der Waals surface area (Å²) in [5.41, 5.74) is -2.72. The van der Waals surface area contributed by atoms with Crippen LogP contribution in [0.25, 0.3) is 6.08 Å². The van der Waals surface area contributed by atoms with Crippen molar-refractivity contribution in [3.8, 4) is 5.88 Å². The molecule has 1 rings (SSSR count). The predicted octanol–water partition coefficient (Wildman–Crippen LogP) is -1.47. The van der Waals surface area contributed by atoms with E-state index in [0.29, 0.717) is 9.13 Å². The van der Waals surface area contributed by atoms with Gasteiger partial charge < -0.3 is 15.3 Å². The molecule has 3 N–H and O–H groups in total. The summed E-state index contributed by atoms with van der Waals surface area (Å²) in [5, 5.41) is 26.9. The van der Waals surface area contributed by atoms with Gasteiger partial charge in [0, 0.05) is 0 Å². The van der Waals surface area contributed by atoms with Crippen LogP contribution in [0.3, 0.4) is 0 Å². The summed E-state index contributed by atoms with van der Waals surface area (Å²) in [6.07, 6.45) is 0.911. The van der Waals surface area contributed by atoms with Gasteiger partial charge in [0.2, 0.25) is 5.88 Å². The molecular weight excluding hydrogens is 260 g/mol. The maximum atomic E-state index is 11.8. The molecule has 0 amide bonds. The first-order valence-electron chi connectivity index (χ1n) is 4.92. The van der Waals surface area contributed by atoms with Gasteiger partial charge in [0.15, 0.2) is 0 Å². The molecular formula is C10H10N2O7. The molecule has 0 saturated carbocycles. The van der Waals surface area contributed by atoms with Gasteiger partial charge in [-0.25, -0.2) is 9.36 Å². The molecule has 0 aliphatic carbocycles. The lowest BCUT2D eigenvalue weighted by Crippen LogP contribution is -2.43. The van der Waals surface area contributed by atoms with Crippen molar-refractivity contribution in [3.63, 3.8) is 0 Å². The van der Waals surface area contributed by atoms with Crippen LogP contribution in [0.2, 0.25) is 0 Å². The highest BCUT2D eigenvalue weighted by Crippen LogP contribution is 2.11. The van der Waals surface area contributed by atoms with Gasteiger partial charge in [0.05, 0.1) is 5.56 Å². The minimum absolute atomic E-state index is 0.308. The second kappa shape index (κ2) is 5.21. The number of hydrogen-bond acceptors (Lipinski definition) is 5. The van der Waals surface area contributed by atoms with Crippen molar-refractivity contribution in [3.05, 3.63) is 33.0 Å². The van der Waals surface area contributed by atoms with Gasteiger partial charge in [0.1, 0.15) is 13.1 Å². The lowest BCUT2D eigenvalue weighted by atomic mass is 10.3. The Balaban J connectivity index is 3.70. The van der Waals surface area contributed by atoms with Crippen molar-refractivity contribution in [2.24, 2.45) is 0 Å². The zero-order valence-electron chi connectivity index (χ0n) is 9.57. The fraction of sp³-hybridized carbons (Fsp3) is 0.200. The average molecular weight is 270 g/mol. The van der Waals surface area contributed by atoms with E-state index in [4.69, 9.17) is 10.2 Å². The van der Waals surface area contributed by atoms with Crippen LogP contribution >= 0.6 is 0 Å². The lowest BCUT2D eigenvalue weighted by molar-refractivity contribution is -0.138. The number of aliphatic carboxylic acids is 2. The van der Waals surface area contributed by atoms with Crippen LogP contribution in [0.15, 0.2) is 16.2 Å². The van der Waals surface area contributed by atoms with Crippen molar-refractivity contribution in [1.82, 2.24) is 9.13 Å². The lowest BCUT2D eigenvalue weighted by Gasteiger charge is -2.11. The molecule has 0 bridgehead atoms. The molecule has 1 heterocycles. The Morgan fingerprint density at radius 2 is 1.58 bits per heavy atom. The summed E-state index contributed by atoms with van der Waals surface area (Å²) in [5.74, 6) is -3.76. The fourth-order valence-corrected chi connectivity index (χ4v) is 1.44. The van der Waals surface area contributed by atoms with Crippen LogP contribution in [-0.4, -0.2) is 36.4 Å². The van der Waals surface area contributed by atoms with E-state index in [-0.39, 0.29) is 0 Å². The quantitative estimate of drug-likeness (QED) is 0.593. The van der Waals surface area contributed by atoms with E-state index in [0.717, 1.165) is 6.08 Å². The van der Waals surface area contributed by atoms with E-state index in [1.165, 1.54) is 0 Å². The van der Waals surface area contributed by atoms with Gasteiger partial charge in [-0.3, -0.25) is 19.0 Å². The summed E-state index contributed by atoms with van der Waals surface area (Å²) in [7, 11) is 0. The Morgan fingerprint density at radius 1 is 1.11 bits per heavy atom. The monoisotopic (exact) mass is 270 g/mol. The molecule has 9 heteroatoms. The van der Waals surface area contributed by atoms with E-state index in [1.807, 2.05) is 0 Å². The van der Waals surface area contributed by atoms with E-state index in [1.54, 1.807) is 0 Å². The SMILES string of the molecule is C=Cc1c(O)n(CC(=O)O)c(=O)n(CC(=O)O)c1=O. The van der Waals surface area contributed by atoms with Gasteiger partial charge in [0.25, 0.3) is 5.56 Å². The second-order valence-corrected chi connectivity index (χ2v) is 3.49. The topological polar surface area (TPSA) is 139 Å². The van der Waals surface area contributed by atoms with Gasteiger partial charge in [-0.2, -0.15) is 0 Å². The van der Waals surface area contributed by atoms with Crippen LogP contribution in [-0.2, 0) is 22.7 Å². The third kappa shape index (κ3) is 2.70. The largest absolute Gasteiger partial charge is 0.494 e. The number of carbonyl (C=O) groups is 2.